The van der Waals surface area contributed by atoms with Gasteiger partial charge in [0.25, 0.3) is 5.91 Å². The molecule has 1 atom stereocenters. The van der Waals surface area contributed by atoms with Crippen molar-refractivity contribution in [1.29, 1.82) is 0 Å². The standard InChI is InChI=1S/C15H16N2O5S2/c1-17(24(19,20)11-6-14(15(16)18)23-9-11)7-10-8-21-12-4-2-3-5-13(12)22-10/h2-6,9-10H,7-8H2,1H3,(H2,16,18). The van der Waals surface area contributed by atoms with Gasteiger partial charge < -0.3 is 15.2 Å². The van der Waals surface area contributed by atoms with E-state index in [1.54, 1.807) is 12.1 Å². The van der Waals surface area contributed by atoms with Gasteiger partial charge in [-0.25, -0.2) is 8.42 Å². The second kappa shape index (κ2) is 6.42. The van der Waals surface area contributed by atoms with E-state index in [2.05, 4.69) is 0 Å². The third-order valence-electron chi connectivity index (χ3n) is 3.55. The first kappa shape index (κ1) is 16.7. The lowest BCUT2D eigenvalue weighted by Crippen LogP contribution is -2.41. The number of primary amides is 1. The molecule has 0 radical (unpaired) electrons. The molecule has 1 aliphatic heterocycles. The Morgan fingerprint density at radius 1 is 1.38 bits per heavy atom. The number of benzene rings is 1. The molecule has 2 N–H and O–H groups in total. The highest BCUT2D eigenvalue weighted by atomic mass is 32.2. The molecule has 9 heteroatoms. The molecule has 24 heavy (non-hydrogen) atoms. The largest absolute Gasteiger partial charge is 0.486 e. The summed E-state index contributed by atoms with van der Waals surface area (Å²) < 4.78 is 37.7. The second-order valence-electron chi connectivity index (χ2n) is 5.29. The van der Waals surface area contributed by atoms with E-state index in [0.29, 0.717) is 11.5 Å². The van der Waals surface area contributed by atoms with E-state index in [4.69, 9.17) is 15.2 Å². The lowest BCUT2D eigenvalue weighted by molar-refractivity contribution is 0.0798. The van der Waals surface area contributed by atoms with Crippen LogP contribution in [-0.4, -0.2) is 44.9 Å². The Labute approximate surface area is 143 Å². The van der Waals surface area contributed by atoms with Gasteiger partial charge in [-0.1, -0.05) is 12.1 Å². The summed E-state index contributed by atoms with van der Waals surface area (Å²) in [6.07, 6.45) is -0.422. The minimum Gasteiger partial charge on any atom is -0.486 e. The molecule has 0 aliphatic carbocycles. The van der Waals surface area contributed by atoms with Crippen molar-refractivity contribution in [3.63, 3.8) is 0 Å². The van der Waals surface area contributed by atoms with E-state index in [9.17, 15) is 13.2 Å². The maximum absolute atomic E-state index is 12.6. The van der Waals surface area contributed by atoms with Crippen LogP contribution in [0, 0.1) is 0 Å². The minimum atomic E-state index is -3.73. The van der Waals surface area contributed by atoms with Crippen LogP contribution in [0.1, 0.15) is 9.67 Å². The molecule has 1 aliphatic rings. The first-order chi connectivity index (χ1) is 11.4. The minimum absolute atomic E-state index is 0.0425. The molecule has 1 unspecified atom stereocenters. The van der Waals surface area contributed by atoms with Gasteiger partial charge in [-0.05, 0) is 18.2 Å². The van der Waals surface area contributed by atoms with E-state index in [-0.39, 0.29) is 22.9 Å². The van der Waals surface area contributed by atoms with E-state index in [0.717, 1.165) is 11.3 Å². The van der Waals surface area contributed by atoms with Gasteiger partial charge in [-0.3, -0.25) is 4.79 Å². The van der Waals surface area contributed by atoms with Crippen LogP contribution in [-0.2, 0) is 10.0 Å². The first-order valence-electron chi connectivity index (χ1n) is 7.11. The van der Waals surface area contributed by atoms with Gasteiger partial charge in [0.2, 0.25) is 10.0 Å². The summed E-state index contributed by atoms with van der Waals surface area (Å²) in [7, 11) is -2.27. The van der Waals surface area contributed by atoms with E-state index >= 15 is 0 Å². The van der Waals surface area contributed by atoms with Crippen LogP contribution < -0.4 is 15.2 Å². The summed E-state index contributed by atoms with van der Waals surface area (Å²) in [6.45, 7) is 0.380. The van der Waals surface area contributed by atoms with Crippen LogP contribution in [0.5, 0.6) is 11.5 Å². The molecule has 0 spiro atoms. The normalized spacial score (nSPS) is 17.0. The number of hydrogen-bond acceptors (Lipinski definition) is 6. The lowest BCUT2D eigenvalue weighted by Gasteiger charge is -2.29. The molecule has 1 amide bonds. The predicted octanol–water partition coefficient (Wildman–Crippen LogP) is 1.31. The number of amides is 1. The van der Waals surface area contributed by atoms with Crippen molar-refractivity contribution in [2.75, 3.05) is 20.2 Å². The summed E-state index contributed by atoms with van der Waals surface area (Å²) in [5.41, 5.74) is 5.17. The average Bonchev–Trinajstić information content (AvgIpc) is 3.05. The molecular weight excluding hydrogens is 352 g/mol. The first-order valence-corrected chi connectivity index (χ1v) is 9.43. The molecule has 0 bridgehead atoms. The molecule has 0 saturated heterocycles. The van der Waals surface area contributed by atoms with E-state index in [1.165, 1.54) is 22.8 Å². The Hall–Kier alpha value is -2.10. The van der Waals surface area contributed by atoms with Gasteiger partial charge in [0.1, 0.15) is 12.7 Å². The number of nitrogens with zero attached hydrogens (tertiary/aromatic N) is 1. The number of rotatable bonds is 5. The molecule has 2 aromatic rings. The number of thiophene rings is 1. The fourth-order valence-corrected chi connectivity index (χ4v) is 4.62. The number of para-hydroxylation sites is 2. The molecule has 128 valence electrons. The summed E-state index contributed by atoms with van der Waals surface area (Å²) >= 11 is 1.00. The highest BCUT2D eigenvalue weighted by Gasteiger charge is 2.29. The number of carbonyl (C=O) groups is 1. The summed E-state index contributed by atoms with van der Waals surface area (Å²) in [4.78, 5) is 11.4. The zero-order chi connectivity index (χ0) is 17.3. The molecule has 1 aromatic heterocycles. The number of likely N-dealkylation sites (N-methyl/N-ethyl adjacent to an activating group) is 1. The molecule has 7 nitrogen and oxygen atoms in total. The highest BCUT2D eigenvalue weighted by molar-refractivity contribution is 7.89. The molecule has 0 saturated carbocycles. The van der Waals surface area contributed by atoms with Crippen LogP contribution in [0.25, 0.3) is 0 Å². The van der Waals surface area contributed by atoms with Gasteiger partial charge in [0, 0.05) is 12.4 Å². The smallest absolute Gasteiger partial charge is 0.258 e. The fourth-order valence-electron chi connectivity index (χ4n) is 2.30. The summed E-state index contributed by atoms with van der Waals surface area (Å²) in [5.74, 6) is 0.582. The van der Waals surface area contributed by atoms with Crippen LogP contribution in [0.2, 0.25) is 0 Å². The maximum Gasteiger partial charge on any atom is 0.258 e. The monoisotopic (exact) mass is 368 g/mol. The molecular formula is C15H16N2O5S2. The third kappa shape index (κ3) is 3.23. The van der Waals surface area contributed by atoms with Gasteiger partial charge >= 0.3 is 0 Å². The van der Waals surface area contributed by atoms with E-state index in [1.807, 2.05) is 12.1 Å². The van der Waals surface area contributed by atoms with Gasteiger partial charge in [0.15, 0.2) is 11.5 Å². The maximum atomic E-state index is 12.6. The van der Waals surface area contributed by atoms with Crippen molar-refractivity contribution in [3.05, 3.63) is 40.6 Å². The molecule has 2 heterocycles. The topological polar surface area (TPSA) is 98.9 Å². The Balaban J connectivity index is 1.72. The number of hydrogen-bond donors (Lipinski definition) is 1. The number of nitrogens with two attached hydrogens (primary N) is 1. The zero-order valence-corrected chi connectivity index (χ0v) is 14.5. The van der Waals surface area contributed by atoms with Crippen molar-refractivity contribution in [1.82, 2.24) is 4.31 Å². The third-order valence-corrected chi connectivity index (χ3v) is 6.45. The van der Waals surface area contributed by atoms with Crippen molar-refractivity contribution >= 4 is 27.3 Å². The van der Waals surface area contributed by atoms with Crippen molar-refractivity contribution in [3.8, 4) is 11.5 Å². The molecule has 3 rings (SSSR count). The van der Waals surface area contributed by atoms with Crippen molar-refractivity contribution in [2.45, 2.75) is 11.0 Å². The predicted molar refractivity (Wildman–Crippen MR) is 89.0 cm³/mol. The van der Waals surface area contributed by atoms with Crippen LogP contribution >= 0.6 is 11.3 Å². The Morgan fingerprint density at radius 2 is 2.08 bits per heavy atom. The SMILES string of the molecule is CN(CC1COc2ccccc2O1)S(=O)(=O)c1csc(C(N)=O)c1. The van der Waals surface area contributed by atoms with Gasteiger partial charge in [-0.2, -0.15) is 4.31 Å². The Morgan fingerprint density at radius 3 is 2.75 bits per heavy atom. The van der Waals surface area contributed by atoms with Gasteiger partial charge in [-0.15, -0.1) is 11.3 Å². The van der Waals surface area contributed by atoms with Crippen LogP contribution in [0.4, 0.5) is 0 Å². The quantitative estimate of drug-likeness (QED) is 0.858. The summed E-state index contributed by atoms with van der Waals surface area (Å²) in [5, 5.41) is 1.40. The van der Waals surface area contributed by atoms with Crippen molar-refractivity contribution < 1.29 is 22.7 Å². The van der Waals surface area contributed by atoms with Crippen LogP contribution in [0.3, 0.4) is 0 Å². The number of fused-ring (bicyclic) bond motifs is 1. The van der Waals surface area contributed by atoms with Crippen molar-refractivity contribution in [2.24, 2.45) is 5.73 Å². The highest BCUT2D eigenvalue weighted by Crippen LogP contribution is 2.31. The van der Waals surface area contributed by atoms with Gasteiger partial charge in [0.05, 0.1) is 16.3 Å². The Kier molecular flexibility index (Phi) is 4.48. The summed E-state index contributed by atoms with van der Waals surface area (Å²) in [6, 6.07) is 8.51. The lowest BCUT2D eigenvalue weighted by atomic mass is 10.2. The zero-order valence-electron chi connectivity index (χ0n) is 12.8. The molecule has 1 aromatic carbocycles. The van der Waals surface area contributed by atoms with Crippen LogP contribution in [0.15, 0.2) is 40.6 Å². The Bertz CT molecular complexity index is 862. The van der Waals surface area contributed by atoms with E-state index < -0.39 is 22.0 Å². The fraction of sp³-hybridized carbons (Fsp3) is 0.267. The number of sulfonamides is 1. The molecule has 0 fully saturated rings. The number of carbonyl (C=O) groups excluding carboxylic acids is 1. The average molecular weight is 368 g/mol. The number of ether oxygens (including phenoxy) is 2. The second-order valence-corrected chi connectivity index (χ2v) is 8.25.